The van der Waals surface area contributed by atoms with Crippen molar-refractivity contribution in [3.8, 4) is 0 Å². The molecule has 1 aromatic rings. The molecule has 2 N–H and O–H groups in total. The van der Waals surface area contributed by atoms with Crippen LogP contribution in [-0.2, 0) is 0 Å². The SMILES string of the molecule is CCNc1cnc(NC)cn1. The molecule has 1 rings (SSSR count). The van der Waals surface area contributed by atoms with Gasteiger partial charge in [0, 0.05) is 13.6 Å². The van der Waals surface area contributed by atoms with Gasteiger partial charge < -0.3 is 10.6 Å². The molecule has 0 radical (unpaired) electrons. The predicted molar refractivity (Wildman–Crippen MR) is 45.7 cm³/mol. The normalized spacial score (nSPS) is 9.27. The lowest BCUT2D eigenvalue weighted by molar-refractivity contribution is 1.12. The number of rotatable bonds is 3. The Labute approximate surface area is 66.1 Å². The Balaban J connectivity index is 2.66. The van der Waals surface area contributed by atoms with Crippen LogP contribution in [0, 0.1) is 0 Å². The smallest absolute Gasteiger partial charge is 0.144 e. The van der Waals surface area contributed by atoms with Gasteiger partial charge in [0.25, 0.3) is 0 Å². The van der Waals surface area contributed by atoms with E-state index in [0.29, 0.717) is 0 Å². The van der Waals surface area contributed by atoms with Crippen molar-refractivity contribution in [3.63, 3.8) is 0 Å². The summed E-state index contributed by atoms with van der Waals surface area (Å²) in [6.07, 6.45) is 3.40. The number of hydrogen-bond donors (Lipinski definition) is 2. The van der Waals surface area contributed by atoms with Crippen molar-refractivity contribution in [1.29, 1.82) is 0 Å². The van der Waals surface area contributed by atoms with Crippen molar-refractivity contribution in [3.05, 3.63) is 12.4 Å². The van der Waals surface area contributed by atoms with Gasteiger partial charge in [0.1, 0.15) is 11.6 Å². The first-order chi connectivity index (χ1) is 5.36. The van der Waals surface area contributed by atoms with Crippen LogP contribution in [0.2, 0.25) is 0 Å². The Hall–Kier alpha value is -1.32. The van der Waals surface area contributed by atoms with E-state index in [9.17, 15) is 0 Å². The Morgan fingerprint density at radius 2 is 1.91 bits per heavy atom. The summed E-state index contributed by atoms with van der Waals surface area (Å²) in [5.41, 5.74) is 0. The lowest BCUT2D eigenvalue weighted by Gasteiger charge is -2.01. The molecule has 1 heterocycles. The van der Waals surface area contributed by atoms with Crippen LogP contribution in [0.5, 0.6) is 0 Å². The van der Waals surface area contributed by atoms with E-state index in [-0.39, 0.29) is 0 Å². The van der Waals surface area contributed by atoms with E-state index in [1.165, 1.54) is 0 Å². The fourth-order valence-electron chi connectivity index (χ4n) is 0.730. The molecule has 0 saturated carbocycles. The van der Waals surface area contributed by atoms with E-state index in [4.69, 9.17) is 0 Å². The highest BCUT2D eigenvalue weighted by Crippen LogP contribution is 2.02. The van der Waals surface area contributed by atoms with Gasteiger partial charge in [-0.2, -0.15) is 0 Å². The molecule has 60 valence electrons. The molecule has 0 aromatic carbocycles. The minimum absolute atomic E-state index is 0.784. The monoisotopic (exact) mass is 152 g/mol. The van der Waals surface area contributed by atoms with Crippen LogP contribution in [0.15, 0.2) is 12.4 Å². The van der Waals surface area contributed by atoms with Crippen molar-refractivity contribution >= 4 is 11.6 Å². The number of hydrogen-bond acceptors (Lipinski definition) is 4. The highest BCUT2D eigenvalue weighted by Gasteiger charge is 1.91. The first-order valence-corrected chi connectivity index (χ1v) is 3.60. The fraction of sp³-hybridized carbons (Fsp3) is 0.429. The minimum Gasteiger partial charge on any atom is -0.372 e. The van der Waals surface area contributed by atoms with Gasteiger partial charge in [-0.15, -0.1) is 0 Å². The molecule has 0 fully saturated rings. The zero-order valence-electron chi connectivity index (χ0n) is 6.76. The van der Waals surface area contributed by atoms with Gasteiger partial charge in [0.15, 0.2) is 0 Å². The summed E-state index contributed by atoms with van der Waals surface area (Å²) in [7, 11) is 1.82. The lowest BCUT2D eigenvalue weighted by Crippen LogP contribution is -2.00. The summed E-state index contributed by atoms with van der Waals surface area (Å²) in [6, 6.07) is 0. The number of nitrogens with one attached hydrogen (secondary N) is 2. The molecule has 4 nitrogen and oxygen atoms in total. The van der Waals surface area contributed by atoms with Gasteiger partial charge in [-0.3, -0.25) is 0 Å². The van der Waals surface area contributed by atoms with E-state index in [2.05, 4.69) is 20.6 Å². The van der Waals surface area contributed by atoms with E-state index in [1.807, 2.05) is 14.0 Å². The van der Waals surface area contributed by atoms with Gasteiger partial charge in [0.2, 0.25) is 0 Å². The fourth-order valence-corrected chi connectivity index (χ4v) is 0.730. The summed E-state index contributed by atoms with van der Waals surface area (Å²) in [4.78, 5) is 8.18. The summed E-state index contributed by atoms with van der Waals surface area (Å²) < 4.78 is 0. The average molecular weight is 152 g/mol. The standard InChI is InChI=1S/C7H12N4/c1-3-9-7-5-10-6(8-2)4-11-7/h4-5H,3H2,1-2H3,(H,8,10)(H,9,11). The van der Waals surface area contributed by atoms with Crippen LogP contribution in [0.25, 0.3) is 0 Å². The van der Waals surface area contributed by atoms with Gasteiger partial charge in [0.05, 0.1) is 12.4 Å². The minimum atomic E-state index is 0.784. The summed E-state index contributed by atoms with van der Waals surface area (Å²) in [6.45, 7) is 2.89. The molecule has 1 aromatic heterocycles. The maximum atomic E-state index is 4.10. The third-order valence-electron chi connectivity index (χ3n) is 1.27. The van der Waals surface area contributed by atoms with Gasteiger partial charge >= 0.3 is 0 Å². The van der Waals surface area contributed by atoms with Crippen molar-refractivity contribution in [2.45, 2.75) is 6.92 Å². The molecule has 0 bridgehead atoms. The predicted octanol–water partition coefficient (Wildman–Crippen LogP) is 0.950. The van der Waals surface area contributed by atoms with Crippen molar-refractivity contribution < 1.29 is 0 Å². The Morgan fingerprint density at radius 3 is 2.36 bits per heavy atom. The van der Waals surface area contributed by atoms with Crippen LogP contribution in [-0.4, -0.2) is 23.6 Å². The van der Waals surface area contributed by atoms with Crippen molar-refractivity contribution in [2.75, 3.05) is 24.2 Å². The van der Waals surface area contributed by atoms with Gasteiger partial charge in [-0.25, -0.2) is 9.97 Å². The maximum Gasteiger partial charge on any atom is 0.144 e. The summed E-state index contributed by atoms with van der Waals surface area (Å²) >= 11 is 0. The molecule has 11 heavy (non-hydrogen) atoms. The van der Waals surface area contributed by atoms with E-state index in [1.54, 1.807) is 12.4 Å². The zero-order chi connectivity index (χ0) is 8.10. The van der Waals surface area contributed by atoms with Crippen LogP contribution in [0.4, 0.5) is 11.6 Å². The Kier molecular flexibility index (Phi) is 2.66. The molecule has 0 aliphatic carbocycles. The molecular formula is C7H12N4. The van der Waals surface area contributed by atoms with Crippen LogP contribution >= 0.6 is 0 Å². The molecule has 0 amide bonds. The molecule has 0 atom stereocenters. The van der Waals surface area contributed by atoms with E-state index in [0.717, 1.165) is 18.2 Å². The number of anilines is 2. The quantitative estimate of drug-likeness (QED) is 0.677. The molecule has 0 unspecified atom stereocenters. The van der Waals surface area contributed by atoms with Crippen LogP contribution in [0.1, 0.15) is 6.92 Å². The topological polar surface area (TPSA) is 49.8 Å². The van der Waals surface area contributed by atoms with Crippen LogP contribution < -0.4 is 10.6 Å². The maximum absolute atomic E-state index is 4.10. The van der Waals surface area contributed by atoms with Crippen LogP contribution in [0.3, 0.4) is 0 Å². The van der Waals surface area contributed by atoms with Gasteiger partial charge in [-0.1, -0.05) is 0 Å². The van der Waals surface area contributed by atoms with Crippen molar-refractivity contribution in [2.24, 2.45) is 0 Å². The van der Waals surface area contributed by atoms with Gasteiger partial charge in [-0.05, 0) is 6.92 Å². The Bertz CT molecular complexity index is 206. The number of aromatic nitrogens is 2. The average Bonchev–Trinajstić information content (AvgIpc) is 2.07. The molecule has 4 heteroatoms. The second-order valence-electron chi connectivity index (χ2n) is 2.07. The molecule has 0 spiro atoms. The van der Waals surface area contributed by atoms with Crippen molar-refractivity contribution in [1.82, 2.24) is 9.97 Å². The molecule has 0 aliphatic heterocycles. The second kappa shape index (κ2) is 3.75. The molecule has 0 aliphatic rings. The molecule has 0 saturated heterocycles. The summed E-state index contributed by atoms with van der Waals surface area (Å²) in [5, 5.41) is 5.95. The molecular weight excluding hydrogens is 140 g/mol. The summed E-state index contributed by atoms with van der Waals surface area (Å²) in [5.74, 6) is 1.60. The lowest BCUT2D eigenvalue weighted by atomic mass is 10.6. The first kappa shape index (κ1) is 7.78. The largest absolute Gasteiger partial charge is 0.372 e. The second-order valence-corrected chi connectivity index (χ2v) is 2.07. The van der Waals surface area contributed by atoms with E-state index < -0.39 is 0 Å². The highest BCUT2D eigenvalue weighted by molar-refractivity contribution is 5.38. The third kappa shape index (κ3) is 2.07. The van der Waals surface area contributed by atoms with E-state index >= 15 is 0 Å². The first-order valence-electron chi connectivity index (χ1n) is 3.60. The zero-order valence-corrected chi connectivity index (χ0v) is 6.76. The third-order valence-corrected chi connectivity index (χ3v) is 1.27. The Morgan fingerprint density at radius 1 is 1.27 bits per heavy atom. The highest BCUT2D eigenvalue weighted by atomic mass is 15.0. The number of nitrogens with zero attached hydrogens (tertiary/aromatic N) is 2.